The third kappa shape index (κ3) is 3.78. The number of phenols is 2. The molecule has 4 aromatic rings. The molecule has 5 nitrogen and oxygen atoms in total. The molecule has 0 bridgehead atoms. The van der Waals surface area contributed by atoms with E-state index in [0.29, 0.717) is 21.3 Å². The van der Waals surface area contributed by atoms with Crippen molar-refractivity contribution in [3.8, 4) is 11.5 Å². The standard InChI is InChI=1S/C23H15Br2NO4/c24-18-10-17(22(29)20(25)23(18)30)21(26-11-19(27)28)15-6-5-14-7-12-3-1-2-4-13(12)8-16(14)9-15/h1-10,29-30H,11H2,(H,27,28). The van der Waals surface area contributed by atoms with E-state index in [1.807, 2.05) is 42.5 Å². The van der Waals surface area contributed by atoms with Crippen LogP contribution in [-0.2, 0) is 4.79 Å². The Kier molecular flexibility index (Phi) is 5.49. The quantitative estimate of drug-likeness (QED) is 0.229. The second-order valence-corrected chi connectivity index (χ2v) is 8.38. The summed E-state index contributed by atoms with van der Waals surface area (Å²) in [5, 5.41) is 34.0. The first-order valence-electron chi connectivity index (χ1n) is 8.94. The lowest BCUT2D eigenvalue weighted by molar-refractivity contribution is -0.135. The van der Waals surface area contributed by atoms with Crippen molar-refractivity contribution in [2.24, 2.45) is 4.99 Å². The van der Waals surface area contributed by atoms with Gasteiger partial charge in [0.25, 0.3) is 0 Å². The molecule has 0 aliphatic rings. The number of halogens is 2. The molecule has 0 saturated carbocycles. The second-order valence-electron chi connectivity index (χ2n) is 6.74. The van der Waals surface area contributed by atoms with Gasteiger partial charge in [0.15, 0.2) is 0 Å². The molecule has 0 atom stereocenters. The average Bonchev–Trinajstić information content (AvgIpc) is 2.74. The molecule has 0 heterocycles. The molecule has 4 rings (SSSR count). The summed E-state index contributed by atoms with van der Waals surface area (Å²) in [6.07, 6.45) is 0. The van der Waals surface area contributed by atoms with Crippen LogP contribution >= 0.6 is 31.9 Å². The molecule has 30 heavy (non-hydrogen) atoms. The van der Waals surface area contributed by atoms with Crippen LogP contribution in [0.15, 0.2) is 74.6 Å². The number of carbonyl (C=O) groups is 1. The van der Waals surface area contributed by atoms with Crippen LogP contribution in [0.2, 0.25) is 0 Å². The minimum absolute atomic E-state index is 0.0988. The fourth-order valence-corrected chi connectivity index (χ4v) is 4.47. The van der Waals surface area contributed by atoms with Gasteiger partial charge in [-0.3, -0.25) is 9.79 Å². The minimum atomic E-state index is -1.09. The van der Waals surface area contributed by atoms with Gasteiger partial charge in [-0.05, 0) is 77.7 Å². The molecule has 0 fully saturated rings. The maximum atomic E-state index is 11.2. The highest BCUT2D eigenvalue weighted by atomic mass is 79.9. The van der Waals surface area contributed by atoms with Crippen molar-refractivity contribution in [3.63, 3.8) is 0 Å². The molecule has 0 aromatic heterocycles. The lowest BCUT2D eigenvalue weighted by atomic mass is 9.96. The molecule has 0 amide bonds. The molecule has 0 aliphatic carbocycles. The van der Waals surface area contributed by atoms with Crippen molar-refractivity contribution in [1.29, 1.82) is 0 Å². The van der Waals surface area contributed by atoms with Crippen molar-refractivity contribution >= 4 is 65.1 Å². The summed E-state index contributed by atoms with van der Waals surface area (Å²) >= 11 is 6.42. The van der Waals surface area contributed by atoms with E-state index in [2.05, 4.69) is 49.0 Å². The number of benzene rings is 4. The zero-order valence-corrected chi connectivity index (χ0v) is 18.6. The van der Waals surface area contributed by atoms with Crippen LogP contribution in [0.4, 0.5) is 0 Å². The van der Waals surface area contributed by atoms with Gasteiger partial charge in [-0.2, -0.15) is 0 Å². The van der Waals surface area contributed by atoms with E-state index in [1.54, 1.807) is 0 Å². The highest BCUT2D eigenvalue weighted by Gasteiger charge is 2.20. The number of phenolic OH excluding ortho intramolecular Hbond substituents is 2. The lowest BCUT2D eigenvalue weighted by Crippen LogP contribution is -2.09. The predicted molar refractivity (Wildman–Crippen MR) is 125 cm³/mol. The van der Waals surface area contributed by atoms with Crippen molar-refractivity contribution in [1.82, 2.24) is 0 Å². The maximum Gasteiger partial charge on any atom is 0.325 e. The van der Waals surface area contributed by atoms with Crippen molar-refractivity contribution in [2.45, 2.75) is 0 Å². The van der Waals surface area contributed by atoms with Gasteiger partial charge in [-0.1, -0.05) is 36.4 Å². The Morgan fingerprint density at radius 3 is 2.13 bits per heavy atom. The number of aliphatic carboxylic acids is 1. The molecule has 150 valence electrons. The number of hydrogen-bond acceptors (Lipinski definition) is 4. The third-order valence-electron chi connectivity index (χ3n) is 4.77. The number of aliphatic imine (C=N–C) groups is 1. The summed E-state index contributed by atoms with van der Waals surface area (Å²) < 4.78 is 0.443. The molecule has 0 aliphatic heterocycles. The van der Waals surface area contributed by atoms with Crippen LogP contribution < -0.4 is 0 Å². The van der Waals surface area contributed by atoms with Crippen LogP contribution in [0.5, 0.6) is 11.5 Å². The number of nitrogens with zero attached hydrogens (tertiary/aromatic N) is 1. The first-order valence-corrected chi connectivity index (χ1v) is 10.5. The molecule has 0 saturated heterocycles. The Balaban J connectivity index is 1.94. The summed E-state index contributed by atoms with van der Waals surface area (Å²) in [4.78, 5) is 15.4. The van der Waals surface area contributed by atoms with Gasteiger partial charge in [0, 0.05) is 11.1 Å². The lowest BCUT2D eigenvalue weighted by Gasteiger charge is -2.14. The predicted octanol–water partition coefficient (Wildman–Crippen LogP) is 5.85. The summed E-state index contributed by atoms with van der Waals surface area (Å²) in [5.74, 6) is -1.46. The summed E-state index contributed by atoms with van der Waals surface area (Å²) in [7, 11) is 0. The van der Waals surface area contributed by atoms with Crippen LogP contribution in [-0.4, -0.2) is 33.5 Å². The number of carboxylic acids is 1. The Hall–Kier alpha value is -2.90. The van der Waals surface area contributed by atoms with E-state index < -0.39 is 12.5 Å². The first kappa shape index (κ1) is 20.4. The maximum absolute atomic E-state index is 11.2. The monoisotopic (exact) mass is 527 g/mol. The minimum Gasteiger partial charge on any atom is -0.506 e. The van der Waals surface area contributed by atoms with Crippen molar-refractivity contribution < 1.29 is 20.1 Å². The van der Waals surface area contributed by atoms with Crippen molar-refractivity contribution in [3.05, 3.63) is 80.7 Å². The largest absolute Gasteiger partial charge is 0.506 e. The first-order chi connectivity index (χ1) is 14.3. The molecule has 0 radical (unpaired) electrons. The van der Waals surface area contributed by atoms with Gasteiger partial charge in [-0.25, -0.2) is 0 Å². The number of rotatable bonds is 4. The molecular formula is C23H15Br2NO4. The van der Waals surface area contributed by atoms with E-state index in [9.17, 15) is 15.0 Å². The van der Waals surface area contributed by atoms with Crippen LogP contribution in [0.3, 0.4) is 0 Å². The summed E-state index contributed by atoms with van der Waals surface area (Å²) in [6, 6.07) is 19.4. The van der Waals surface area contributed by atoms with Gasteiger partial charge in [0.05, 0.1) is 10.2 Å². The average molecular weight is 529 g/mol. The topological polar surface area (TPSA) is 90.1 Å². The van der Waals surface area contributed by atoms with Gasteiger partial charge in [0.2, 0.25) is 0 Å². The van der Waals surface area contributed by atoms with Gasteiger partial charge < -0.3 is 15.3 Å². The van der Waals surface area contributed by atoms with E-state index in [-0.39, 0.29) is 16.0 Å². The third-order valence-corrected chi connectivity index (χ3v) is 6.13. The summed E-state index contributed by atoms with van der Waals surface area (Å²) in [6.45, 7) is -0.458. The Labute approximate surface area is 188 Å². The fourth-order valence-electron chi connectivity index (χ4n) is 3.35. The normalized spacial score (nSPS) is 11.9. The Morgan fingerprint density at radius 1 is 0.833 bits per heavy atom. The van der Waals surface area contributed by atoms with Gasteiger partial charge in [-0.15, -0.1) is 0 Å². The smallest absolute Gasteiger partial charge is 0.325 e. The van der Waals surface area contributed by atoms with E-state index in [0.717, 1.165) is 21.5 Å². The fraction of sp³-hybridized carbons (Fsp3) is 0.0435. The number of carboxylic acid groups (broad SMARTS) is 1. The van der Waals surface area contributed by atoms with E-state index in [4.69, 9.17) is 5.11 Å². The zero-order valence-electron chi connectivity index (χ0n) is 15.4. The molecule has 0 spiro atoms. The summed E-state index contributed by atoms with van der Waals surface area (Å²) in [5.41, 5.74) is 1.26. The van der Waals surface area contributed by atoms with Crippen LogP contribution in [0.25, 0.3) is 21.5 Å². The van der Waals surface area contributed by atoms with Gasteiger partial charge in [0.1, 0.15) is 22.5 Å². The highest BCUT2D eigenvalue weighted by molar-refractivity contribution is 9.11. The zero-order chi connectivity index (χ0) is 21.4. The number of fused-ring (bicyclic) bond motifs is 2. The van der Waals surface area contributed by atoms with Crippen molar-refractivity contribution in [2.75, 3.05) is 6.54 Å². The molecule has 3 N–H and O–H groups in total. The van der Waals surface area contributed by atoms with E-state index in [1.165, 1.54) is 6.07 Å². The molecule has 4 aromatic carbocycles. The van der Waals surface area contributed by atoms with Crippen LogP contribution in [0.1, 0.15) is 11.1 Å². The second kappa shape index (κ2) is 8.08. The molecule has 7 heteroatoms. The highest BCUT2D eigenvalue weighted by Crippen LogP contribution is 2.42. The SMILES string of the molecule is O=C(O)CN=C(c1ccc2cc3ccccc3cc2c1)c1cc(Br)c(O)c(Br)c1O. The molecule has 0 unspecified atom stereocenters. The Bertz CT molecular complexity index is 1350. The Morgan fingerprint density at radius 2 is 1.47 bits per heavy atom. The number of aromatic hydroxyl groups is 2. The van der Waals surface area contributed by atoms with Gasteiger partial charge >= 0.3 is 5.97 Å². The van der Waals surface area contributed by atoms with E-state index >= 15 is 0 Å². The number of hydrogen-bond donors (Lipinski definition) is 3. The molecular weight excluding hydrogens is 514 g/mol. The van der Waals surface area contributed by atoms with Crippen LogP contribution in [0, 0.1) is 0 Å².